The zero-order valence-electron chi connectivity index (χ0n) is 10.3. The predicted octanol–water partition coefficient (Wildman–Crippen LogP) is 0.627. The van der Waals surface area contributed by atoms with Gasteiger partial charge in [0.2, 0.25) is 0 Å². The smallest absolute Gasteiger partial charge is 0.302 e. The maximum Gasteiger partial charge on any atom is 0.335 e. The highest BCUT2D eigenvalue weighted by atomic mass is 79.9. The molecule has 1 amide bonds. The number of nitrogens with zero attached hydrogens (tertiary/aromatic N) is 3. The van der Waals surface area contributed by atoms with Crippen LogP contribution in [0, 0.1) is 10.1 Å². The molecule has 0 radical (unpaired) electrons. The maximum absolute atomic E-state index is 11.9. The lowest BCUT2D eigenvalue weighted by molar-refractivity contribution is -0.386. The lowest BCUT2D eigenvalue weighted by Crippen LogP contribution is -2.30. The molecule has 0 aliphatic heterocycles. The first kappa shape index (κ1) is 15.3. The number of carbonyl (C=O) groups is 1. The zero-order chi connectivity index (χ0) is 15.6. The van der Waals surface area contributed by atoms with Gasteiger partial charge in [0.05, 0.1) is 17.2 Å². The summed E-state index contributed by atoms with van der Waals surface area (Å²) in [6.45, 7) is 0.00741. The van der Waals surface area contributed by atoms with Gasteiger partial charge in [-0.2, -0.15) is 0 Å². The van der Waals surface area contributed by atoms with E-state index in [9.17, 15) is 19.7 Å². The van der Waals surface area contributed by atoms with Crippen molar-refractivity contribution in [2.24, 2.45) is 5.84 Å². The van der Waals surface area contributed by atoms with Crippen LogP contribution in [-0.2, 0) is 6.54 Å². The fourth-order valence-electron chi connectivity index (χ4n) is 1.55. The summed E-state index contributed by atoms with van der Waals surface area (Å²) in [5, 5.41) is 12.5. The molecule has 0 unspecified atom stereocenters. The van der Waals surface area contributed by atoms with Gasteiger partial charge in [-0.05, 0) is 15.9 Å². The van der Waals surface area contributed by atoms with Crippen LogP contribution in [0.3, 0.4) is 0 Å². The van der Waals surface area contributed by atoms with Crippen molar-refractivity contribution in [2.75, 3.05) is 0 Å². The maximum atomic E-state index is 11.9. The molecule has 3 N–H and O–H groups in total. The van der Waals surface area contributed by atoms with Gasteiger partial charge in [-0.3, -0.25) is 25.1 Å². The molecule has 2 aromatic heterocycles. The molecule has 0 atom stereocenters. The van der Waals surface area contributed by atoms with Crippen molar-refractivity contribution >= 4 is 38.9 Å². The zero-order valence-corrected chi connectivity index (χ0v) is 12.7. The van der Waals surface area contributed by atoms with Crippen LogP contribution in [-0.4, -0.2) is 20.4 Å². The van der Waals surface area contributed by atoms with E-state index in [0.29, 0.717) is 10.2 Å². The van der Waals surface area contributed by atoms with Gasteiger partial charge in [0.15, 0.2) is 5.01 Å². The highest BCUT2D eigenvalue weighted by Gasteiger charge is 2.17. The van der Waals surface area contributed by atoms with Crippen molar-refractivity contribution in [1.29, 1.82) is 0 Å². The highest BCUT2D eigenvalue weighted by Crippen LogP contribution is 2.15. The molecule has 2 aromatic rings. The van der Waals surface area contributed by atoms with Gasteiger partial charge in [0.1, 0.15) is 0 Å². The van der Waals surface area contributed by atoms with Crippen LogP contribution >= 0.6 is 27.3 Å². The number of rotatable bonds is 4. The second kappa shape index (κ2) is 6.11. The van der Waals surface area contributed by atoms with E-state index in [0.717, 1.165) is 22.0 Å². The average Bonchev–Trinajstić information content (AvgIpc) is 2.89. The first-order chi connectivity index (χ1) is 9.92. The topological polar surface area (TPSA) is 133 Å². The SMILES string of the molecule is NNC(=O)c1nc(Cn2cc(Br)cc([N+](=O)[O-])c2=O)cs1. The summed E-state index contributed by atoms with van der Waals surface area (Å²) in [5.41, 5.74) is 1.08. The number of halogens is 1. The number of nitrogens with one attached hydrogen (secondary N) is 1. The van der Waals surface area contributed by atoms with E-state index in [1.54, 1.807) is 5.38 Å². The molecule has 21 heavy (non-hydrogen) atoms. The molecule has 2 rings (SSSR count). The summed E-state index contributed by atoms with van der Waals surface area (Å²) in [4.78, 5) is 37.3. The Labute approximate surface area is 129 Å². The lowest BCUT2D eigenvalue weighted by atomic mass is 10.4. The molecule has 9 nitrogen and oxygen atoms in total. The number of carbonyl (C=O) groups excluding carboxylic acids is 1. The number of hydrogen-bond acceptors (Lipinski definition) is 7. The Bertz CT molecular complexity index is 771. The molecule has 0 bridgehead atoms. The minimum atomic E-state index is -0.752. The standard InChI is InChI=1S/C10H8BrN5O4S/c11-5-1-7(16(19)20)10(18)15(2-5)3-6-4-21-9(13-6)8(17)14-12/h1-2,4H,3,12H2,(H,14,17). The quantitative estimate of drug-likeness (QED) is 0.349. The van der Waals surface area contributed by atoms with E-state index < -0.39 is 22.1 Å². The molecular weight excluding hydrogens is 366 g/mol. The fraction of sp³-hybridized carbons (Fsp3) is 0.100. The van der Waals surface area contributed by atoms with Crippen LogP contribution in [0.25, 0.3) is 0 Å². The summed E-state index contributed by atoms with van der Waals surface area (Å²) >= 11 is 4.16. The van der Waals surface area contributed by atoms with Gasteiger partial charge < -0.3 is 4.57 Å². The van der Waals surface area contributed by atoms with Crippen molar-refractivity contribution in [3.8, 4) is 0 Å². The van der Waals surface area contributed by atoms with Crippen LogP contribution in [0.4, 0.5) is 5.69 Å². The van der Waals surface area contributed by atoms with Gasteiger partial charge in [-0.15, -0.1) is 11.3 Å². The summed E-state index contributed by atoms with van der Waals surface area (Å²) in [6, 6.07) is 1.13. The second-order valence-corrected chi connectivity index (χ2v) is 5.62. The summed E-state index contributed by atoms with van der Waals surface area (Å²) in [6.07, 6.45) is 1.41. The van der Waals surface area contributed by atoms with Crippen molar-refractivity contribution < 1.29 is 9.72 Å². The highest BCUT2D eigenvalue weighted by molar-refractivity contribution is 9.10. The van der Waals surface area contributed by atoms with Gasteiger partial charge in [0.25, 0.3) is 5.91 Å². The van der Waals surface area contributed by atoms with E-state index in [1.165, 1.54) is 6.20 Å². The molecule has 0 fully saturated rings. The normalized spacial score (nSPS) is 10.4. The number of amides is 1. The van der Waals surface area contributed by atoms with Crippen molar-refractivity contribution in [2.45, 2.75) is 6.54 Å². The molecule has 110 valence electrons. The van der Waals surface area contributed by atoms with Crippen LogP contribution in [0.5, 0.6) is 0 Å². The first-order valence-electron chi connectivity index (χ1n) is 5.42. The summed E-state index contributed by atoms with van der Waals surface area (Å²) in [5.74, 6) is 4.45. The van der Waals surface area contributed by atoms with E-state index in [-0.39, 0.29) is 11.6 Å². The van der Waals surface area contributed by atoms with Crippen molar-refractivity contribution in [3.63, 3.8) is 0 Å². The van der Waals surface area contributed by atoms with Gasteiger partial charge in [-0.1, -0.05) is 0 Å². The minimum Gasteiger partial charge on any atom is -0.302 e. The number of pyridine rings is 1. The fourth-order valence-corrected chi connectivity index (χ4v) is 2.73. The molecule has 0 spiro atoms. The molecule has 0 saturated heterocycles. The van der Waals surface area contributed by atoms with E-state index >= 15 is 0 Å². The summed E-state index contributed by atoms with van der Waals surface area (Å²) in [7, 11) is 0. The predicted molar refractivity (Wildman–Crippen MR) is 77.9 cm³/mol. The van der Waals surface area contributed by atoms with Crippen LogP contribution in [0.15, 0.2) is 26.9 Å². The number of nitrogens with two attached hydrogens (primary N) is 1. The number of nitrogen functional groups attached to an aromatic ring is 1. The number of hydrogen-bond donors (Lipinski definition) is 2. The molecule has 11 heteroatoms. The van der Waals surface area contributed by atoms with E-state index in [2.05, 4.69) is 20.9 Å². The molecule has 0 saturated carbocycles. The average molecular weight is 374 g/mol. The van der Waals surface area contributed by atoms with Crippen LogP contribution in [0.2, 0.25) is 0 Å². The van der Waals surface area contributed by atoms with Crippen LogP contribution in [0.1, 0.15) is 15.5 Å². The lowest BCUT2D eigenvalue weighted by Gasteiger charge is -2.04. The Hall–Kier alpha value is -2.11. The third-order valence-electron chi connectivity index (χ3n) is 2.44. The molecule has 0 aliphatic carbocycles. The third-order valence-corrected chi connectivity index (χ3v) is 3.76. The van der Waals surface area contributed by atoms with Crippen molar-refractivity contribution in [1.82, 2.24) is 15.0 Å². The Balaban J connectivity index is 2.36. The Morgan fingerprint density at radius 2 is 2.33 bits per heavy atom. The largest absolute Gasteiger partial charge is 0.335 e. The second-order valence-electron chi connectivity index (χ2n) is 3.85. The molecule has 0 aliphatic rings. The number of aromatic nitrogens is 2. The first-order valence-corrected chi connectivity index (χ1v) is 7.09. The van der Waals surface area contributed by atoms with Gasteiger partial charge in [-0.25, -0.2) is 10.8 Å². The van der Waals surface area contributed by atoms with Crippen molar-refractivity contribution in [3.05, 3.63) is 53.3 Å². The van der Waals surface area contributed by atoms with Gasteiger partial charge in [0, 0.05) is 22.1 Å². The Kier molecular flexibility index (Phi) is 4.45. The molecular formula is C10H8BrN5O4S. The molecule has 2 heterocycles. The Morgan fingerprint density at radius 1 is 1.62 bits per heavy atom. The van der Waals surface area contributed by atoms with Crippen LogP contribution < -0.4 is 16.8 Å². The third kappa shape index (κ3) is 3.32. The van der Waals surface area contributed by atoms with E-state index in [4.69, 9.17) is 5.84 Å². The number of nitro groups is 1. The monoisotopic (exact) mass is 373 g/mol. The number of thiazole rings is 1. The van der Waals surface area contributed by atoms with Gasteiger partial charge >= 0.3 is 11.2 Å². The van der Waals surface area contributed by atoms with E-state index in [1.807, 2.05) is 5.43 Å². The number of hydrazine groups is 1. The molecule has 0 aromatic carbocycles. The minimum absolute atomic E-state index is 0.00741. The summed E-state index contributed by atoms with van der Waals surface area (Å²) < 4.78 is 1.53. The Morgan fingerprint density at radius 3 is 2.95 bits per heavy atom.